The molecule has 0 bridgehead atoms. The summed E-state index contributed by atoms with van der Waals surface area (Å²) in [5.74, 6) is 1.16. The van der Waals surface area contributed by atoms with Gasteiger partial charge in [0.2, 0.25) is 5.91 Å². The molecule has 2 aromatic carbocycles. The Hall–Kier alpha value is -1.45. The van der Waals surface area contributed by atoms with Gasteiger partial charge in [-0.05, 0) is 41.3 Å². The Morgan fingerprint density at radius 2 is 1.73 bits per heavy atom. The Morgan fingerprint density at radius 3 is 2.32 bits per heavy atom. The monoisotopic (exact) mass is 331 g/mol. The van der Waals surface area contributed by atoms with Crippen LogP contribution < -0.4 is 4.90 Å². The van der Waals surface area contributed by atoms with Gasteiger partial charge in [0.05, 0.1) is 5.75 Å². The van der Waals surface area contributed by atoms with Crippen molar-refractivity contribution in [2.45, 2.75) is 25.1 Å². The third-order valence-electron chi connectivity index (χ3n) is 3.86. The summed E-state index contributed by atoms with van der Waals surface area (Å²) >= 11 is 7.62. The number of hydrogen-bond acceptors (Lipinski definition) is 2. The van der Waals surface area contributed by atoms with Crippen LogP contribution in [0.4, 0.5) is 5.69 Å². The fourth-order valence-electron chi connectivity index (χ4n) is 2.60. The van der Waals surface area contributed by atoms with Crippen LogP contribution in [0.5, 0.6) is 0 Å². The average molecular weight is 332 g/mol. The molecule has 1 aliphatic rings. The van der Waals surface area contributed by atoms with Crippen LogP contribution in [0.2, 0.25) is 5.02 Å². The third-order valence-corrected chi connectivity index (χ3v) is 5.33. The van der Waals surface area contributed by atoms with Gasteiger partial charge >= 0.3 is 0 Å². The molecule has 1 atom stereocenters. The first kappa shape index (κ1) is 15.4. The van der Waals surface area contributed by atoms with Gasteiger partial charge in [-0.1, -0.05) is 49.7 Å². The second kappa shape index (κ2) is 6.35. The molecule has 2 aromatic rings. The molecule has 0 spiro atoms. The van der Waals surface area contributed by atoms with E-state index in [9.17, 15) is 4.79 Å². The van der Waals surface area contributed by atoms with Gasteiger partial charge in [0, 0.05) is 10.7 Å². The van der Waals surface area contributed by atoms with Crippen molar-refractivity contribution in [3.8, 4) is 0 Å². The van der Waals surface area contributed by atoms with E-state index in [1.54, 1.807) is 11.8 Å². The molecular weight excluding hydrogens is 314 g/mol. The van der Waals surface area contributed by atoms with Crippen molar-refractivity contribution < 1.29 is 4.79 Å². The maximum absolute atomic E-state index is 12.3. The third kappa shape index (κ3) is 3.01. The number of carbonyl (C=O) groups excluding carboxylic acids is 1. The SMILES string of the molecule is CC(C)c1ccc(N2C(=O)CS[C@@H]2c2ccc(Cl)cc2)cc1. The summed E-state index contributed by atoms with van der Waals surface area (Å²) < 4.78 is 0. The first-order valence-electron chi connectivity index (χ1n) is 7.35. The number of hydrogen-bond donors (Lipinski definition) is 0. The number of thioether (sulfide) groups is 1. The lowest BCUT2D eigenvalue weighted by atomic mass is 10.0. The molecule has 3 rings (SSSR count). The van der Waals surface area contributed by atoms with Crippen LogP contribution in [-0.4, -0.2) is 11.7 Å². The van der Waals surface area contributed by atoms with E-state index in [2.05, 4.69) is 26.0 Å². The van der Waals surface area contributed by atoms with Crippen molar-refractivity contribution in [2.24, 2.45) is 0 Å². The molecule has 0 N–H and O–H groups in total. The first-order valence-corrected chi connectivity index (χ1v) is 8.78. The molecule has 22 heavy (non-hydrogen) atoms. The summed E-state index contributed by atoms with van der Waals surface area (Å²) in [6.07, 6.45) is 0. The van der Waals surface area contributed by atoms with Crippen LogP contribution in [0.1, 0.15) is 36.3 Å². The van der Waals surface area contributed by atoms with E-state index in [0.717, 1.165) is 11.3 Å². The van der Waals surface area contributed by atoms with Crippen LogP contribution >= 0.6 is 23.4 Å². The zero-order chi connectivity index (χ0) is 15.7. The lowest BCUT2D eigenvalue weighted by Gasteiger charge is -2.24. The van der Waals surface area contributed by atoms with Gasteiger partial charge in [-0.3, -0.25) is 9.69 Å². The Morgan fingerprint density at radius 1 is 1.09 bits per heavy atom. The average Bonchev–Trinajstić information content (AvgIpc) is 2.90. The number of anilines is 1. The molecule has 0 aromatic heterocycles. The van der Waals surface area contributed by atoms with E-state index in [0.29, 0.717) is 16.7 Å². The van der Waals surface area contributed by atoms with E-state index in [-0.39, 0.29) is 11.3 Å². The summed E-state index contributed by atoms with van der Waals surface area (Å²) in [5, 5.41) is 0.737. The van der Waals surface area contributed by atoms with Gasteiger partial charge in [-0.2, -0.15) is 0 Å². The molecule has 114 valence electrons. The number of benzene rings is 2. The summed E-state index contributed by atoms with van der Waals surface area (Å²) in [6.45, 7) is 4.34. The van der Waals surface area contributed by atoms with Crippen LogP contribution in [0.3, 0.4) is 0 Å². The highest BCUT2D eigenvalue weighted by Crippen LogP contribution is 2.42. The molecule has 1 fully saturated rings. The fourth-order valence-corrected chi connectivity index (χ4v) is 3.90. The van der Waals surface area contributed by atoms with Crippen LogP contribution in [0.15, 0.2) is 48.5 Å². The predicted octanol–water partition coefficient (Wildman–Crippen LogP) is 5.24. The quantitative estimate of drug-likeness (QED) is 0.766. The highest BCUT2D eigenvalue weighted by atomic mass is 35.5. The standard InChI is InChI=1S/C18H18ClNOS/c1-12(2)13-5-9-16(10-6-13)20-17(21)11-22-18(20)14-3-7-15(19)8-4-14/h3-10,12,18H,11H2,1-2H3/t18-/m1/s1. The molecule has 4 heteroatoms. The lowest BCUT2D eigenvalue weighted by molar-refractivity contribution is -0.115. The van der Waals surface area contributed by atoms with Gasteiger partial charge in [-0.15, -0.1) is 11.8 Å². The Balaban J connectivity index is 1.92. The van der Waals surface area contributed by atoms with Crippen LogP contribution in [-0.2, 0) is 4.79 Å². The molecule has 0 aliphatic carbocycles. The summed E-state index contributed by atoms with van der Waals surface area (Å²) in [6, 6.07) is 16.0. The number of nitrogens with zero attached hydrogens (tertiary/aromatic N) is 1. The van der Waals surface area contributed by atoms with Crippen LogP contribution in [0.25, 0.3) is 0 Å². The summed E-state index contributed by atoms with van der Waals surface area (Å²) in [5.41, 5.74) is 3.35. The molecule has 0 radical (unpaired) electrons. The largest absolute Gasteiger partial charge is 0.295 e. The second-order valence-corrected chi connectivity index (χ2v) is 7.23. The normalized spacial score (nSPS) is 18.3. The molecule has 0 saturated carbocycles. The zero-order valence-electron chi connectivity index (χ0n) is 12.6. The molecule has 1 saturated heterocycles. The van der Waals surface area contributed by atoms with Crippen molar-refractivity contribution in [1.29, 1.82) is 0 Å². The van der Waals surface area contributed by atoms with Crippen molar-refractivity contribution in [3.63, 3.8) is 0 Å². The summed E-state index contributed by atoms with van der Waals surface area (Å²) in [4.78, 5) is 14.2. The van der Waals surface area contributed by atoms with E-state index in [1.807, 2.05) is 41.3 Å². The highest BCUT2D eigenvalue weighted by molar-refractivity contribution is 8.00. The highest BCUT2D eigenvalue weighted by Gasteiger charge is 2.33. The fraction of sp³-hybridized carbons (Fsp3) is 0.278. The number of rotatable bonds is 3. The number of halogens is 1. The topological polar surface area (TPSA) is 20.3 Å². The minimum Gasteiger partial charge on any atom is -0.295 e. The van der Waals surface area contributed by atoms with Gasteiger partial charge in [-0.25, -0.2) is 0 Å². The van der Waals surface area contributed by atoms with Gasteiger partial charge in [0.1, 0.15) is 5.37 Å². The van der Waals surface area contributed by atoms with Gasteiger partial charge in [0.25, 0.3) is 0 Å². The lowest BCUT2D eigenvalue weighted by Crippen LogP contribution is -2.27. The second-order valence-electron chi connectivity index (χ2n) is 5.72. The first-order chi connectivity index (χ1) is 10.6. The molecule has 1 aliphatic heterocycles. The Labute approximate surface area is 140 Å². The maximum Gasteiger partial charge on any atom is 0.238 e. The molecule has 1 amide bonds. The van der Waals surface area contributed by atoms with Gasteiger partial charge in [0.15, 0.2) is 0 Å². The predicted molar refractivity (Wildman–Crippen MR) is 94.7 cm³/mol. The van der Waals surface area contributed by atoms with Crippen molar-refractivity contribution in [3.05, 3.63) is 64.7 Å². The number of amides is 1. The Bertz CT molecular complexity index is 666. The van der Waals surface area contributed by atoms with Crippen molar-refractivity contribution >= 4 is 35.0 Å². The summed E-state index contributed by atoms with van der Waals surface area (Å²) in [7, 11) is 0. The van der Waals surface area contributed by atoms with Crippen molar-refractivity contribution in [2.75, 3.05) is 10.7 Å². The van der Waals surface area contributed by atoms with E-state index in [1.165, 1.54) is 5.56 Å². The van der Waals surface area contributed by atoms with E-state index >= 15 is 0 Å². The van der Waals surface area contributed by atoms with Gasteiger partial charge < -0.3 is 0 Å². The maximum atomic E-state index is 12.3. The molecule has 2 nitrogen and oxygen atoms in total. The minimum atomic E-state index is 0.0228. The Kier molecular flexibility index (Phi) is 4.46. The minimum absolute atomic E-state index is 0.0228. The van der Waals surface area contributed by atoms with E-state index < -0.39 is 0 Å². The molecule has 1 heterocycles. The zero-order valence-corrected chi connectivity index (χ0v) is 14.2. The van der Waals surface area contributed by atoms with Crippen LogP contribution in [0, 0.1) is 0 Å². The van der Waals surface area contributed by atoms with Crippen molar-refractivity contribution in [1.82, 2.24) is 0 Å². The molecular formula is C18H18ClNOS. The van der Waals surface area contributed by atoms with E-state index in [4.69, 9.17) is 11.6 Å². The smallest absolute Gasteiger partial charge is 0.238 e. The number of carbonyl (C=O) groups is 1. The molecule has 0 unspecified atom stereocenters.